The minimum Gasteiger partial charge on any atom is -0.366 e. The summed E-state index contributed by atoms with van der Waals surface area (Å²) in [5.74, 6) is -0.609. The number of primary amides is 1. The Labute approximate surface area is 131 Å². The monoisotopic (exact) mass is 307 g/mol. The standard InChI is InChI=1S/C17H13N3O3/c1-10-15(17(18)21)16(11-5-3-2-4-6-11)13-9-12(20(22)23)7-8-14(13)19-10/h2-9H,1H3,(H2,18,21). The number of benzene rings is 2. The third kappa shape index (κ3) is 2.50. The van der Waals surface area contributed by atoms with E-state index in [2.05, 4.69) is 4.98 Å². The highest BCUT2D eigenvalue weighted by Gasteiger charge is 2.20. The minimum atomic E-state index is -0.609. The van der Waals surface area contributed by atoms with Gasteiger partial charge in [-0.1, -0.05) is 30.3 Å². The number of carbonyl (C=O) groups is 1. The minimum absolute atomic E-state index is 0.0595. The Kier molecular flexibility index (Phi) is 3.50. The van der Waals surface area contributed by atoms with Crippen molar-refractivity contribution in [3.05, 3.63) is 69.9 Å². The van der Waals surface area contributed by atoms with Crippen molar-refractivity contribution in [1.82, 2.24) is 4.98 Å². The van der Waals surface area contributed by atoms with Crippen LogP contribution in [0.5, 0.6) is 0 Å². The second-order valence-corrected chi connectivity index (χ2v) is 5.14. The molecule has 0 fully saturated rings. The predicted octanol–water partition coefficient (Wildman–Crippen LogP) is 3.22. The second-order valence-electron chi connectivity index (χ2n) is 5.14. The number of fused-ring (bicyclic) bond motifs is 1. The molecule has 2 N–H and O–H groups in total. The van der Waals surface area contributed by atoms with Crippen molar-refractivity contribution in [2.24, 2.45) is 5.73 Å². The van der Waals surface area contributed by atoms with Gasteiger partial charge >= 0.3 is 0 Å². The molecule has 114 valence electrons. The van der Waals surface area contributed by atoms with Crippen molar-refractivity contribution in [3.63, 3.8) is 0 Å². The number of aromatic nitrogens is 1. The Hall–Kier alpha value is -3.28. The Bertz CT molecular complexity index is 937. The molecule has 0 saturated carbocycles. The van der Waals surface area contributed by atoms with Crippen LogP contribution in [0.25, 0.3) is 22.0 Å². The summed E-state index contributed by atoms with van der Waals surface area (Å²) >= 11 is 0. The number of hydrogen-bond donors (Lipinski definition) is 1. The lowest BCUT2D eigenvalue weighted by molar-refractivity contribution is -0.384. The van der Waals surface area contributed by atoms with Gasteiger partial charge in [0.25, 0.3) is 11.6 Å². The highest BCUT2D eigenvalue weighted by Crippen LogP contribution is 2.34. The van der Waals surface area contributed by atoms with Crippen LogP contribution in [0.3, 0.4) is 0 Å². The van der Waals surface area contributed by atoms with Gasteiger partial charge in [-0.25, -0.2) is 0 Å². The fourth-order valence-electron chi connectivity index (χ4n) is 2.69. The molecule has 6 heteroatoms. The molecule has 0 aliphatic carbocycles. The van der Waals surface area contributed by atoms with Crippen molar-refractivity contribution >= 4 is 22.5 Å². The van der Waals surface area contributed by atoms with Crippen LogP contribution >= 0.6 is 0 Å². The molecule has 0 atom stereocenters. The number of nitrogens with zero attached hydrogens (tertiary/aromatic N) is 2. The van der Waals surface area contributed by atoms with Gasteiger partial charge in [0.1, 0.15) is 0 Å². The summed E-state index contributed by atoms with van der Waals surface area (Å²) in [5, 5.41) is 11.6. The van der Waals surface area contributed by atoms with E-state index in [4.69, 9.17) is 5.73 Å². The van der Waals surface area contributed by atoms with Crippen molar-refractivity contribution in [2.45, 2.75) is 6.92 Å². The van der Waals surface area contributed by atoms with E-state index in [0.29, 0.717) is 22.2 Å². The molecule has 0 unspecified atom stereocenters. The average molecular weight is 307 g/mol. The lowest BCUT2D eigenvalue weighted by atomic mass is 9.94. The van der Waals surface area contributed by atoms with Crippen molar-refractivity contribution in [2.75, 3.05) is 0 Å². The number of nitrogens with two attached hydrogens (primary N) is 1. The van der Waals surface area contributed by atoms with Crippen LogP contribution < -0.4 is 5.73 Å². The van der Waals surface area contributed by atoms with Gasteiger partial charge in [-0.05, 0) is 18.6 Å². The molecule has 3 rings (SSSR count). The molecule has 0 saturated heterocycles. The van der Waals surface area contributed by atoms with Gasteiger partial charge < -0.3 is 5.73 Å². The maximum Gasteiger partial charge on any atom is 0.270 e. The fraction of sp³-hybridized carbons (Fsp3) is 0.0588. The molecule has 0 aliphatic heterocycles. The van der Waals surface area contributed by atoms with Crippen LogP contribution in [0.2, 0.25) is 0 Å². The van der Waals surface area contributed by atoms with Gasteiger partial charge in [-0.3, -0.25) is 19.9 Å². The first kappa shape index (κ1) is 14.6. The molecule has 1 heterocycles. The van der Waals surface area contributed by atoms with Crippen molar-refractivity contribution in [1.29, 1.82) is 0 Å². The summed E-state index contributed by atoms with van der Waals surface area (Å²) in [6.07, 6.45) is 0. The van der Waals surface area contributed by atoms with E-state index in [0.717, 1.165) is 5.56 Å². The van der Waals surface area contributed by atoms with E-state index in [9.17, 15) is 14.9 Å². The first-order valence-electron chi connectivity index (χ1n) is 6.93. The molecule has 0 bridgehead atoms. The molecule has 23 heavy (non-hydrogen) atoms. The third-order valence-corrected chi connectivity index (χ3v) is 3.67. The number of carbonyl (C=O) groups excluding carboxylic acids is 1. The van der Waals surface area contributed by atoms with Gasteiger partial charge in [0.15, 0.2) is 0 Å². The molecular formula is C17H13N3O3. The highest BCUT2D eigenvalue weighted by atomic mass is 16.6. The normalized spacial score (nSPS) is 10.7. The van der Waals surface area contributed by atoms with Gasteiger partial charge in [0.05, 0.1) is 21.7 Å². The van der Waals surface area contributed by atoms with E-state index in [1.54, 1.807) is 13.0 Å². The number of non-ortho nitro benzene ring substituents is 1. The quantitative estimate of drug-likeness (QED) is 0.593. The predicted molar refractivity (Wildman–Crippen MR) is 87.1 cm³/mol. The number of amides is 1. The Balaban J connectivity index is 2.48. The molecular weight excluding hydrogens is 294 g/mol. The number of nitro benzene ring substituents is 1. The summed E-state index contributed by atoms with van der Waals surface area (Å²) in [5.41, 5.74) is 8.16. The summed E-state index contributed by atoms with van der Waals surface area (Å²) < 4.78 is 0. The van der Waals surface area contributed by atoms with E-state index in [1.165, 1.54) is 12.1 Å². The zero-order valence-electron chi connectivity index (χ0n) is 12.3. The lowest BCUT2D eigenvalue weighted by Crippen LogP contribution is -2.15. The Morgan fingerprint density at radius 3 is 2.48 bits per heavy atom. The number of pyridine rings is 1. The molecule has 0 radical (unpaired) electrons. The van der Waals surface area contributed by atoms with Crippen LogP contribution in [0.4, 0.5) is 5.69 Å². The maximum atomic E-state index is 11.9. The zero-order valence-corrected chi connectivity index (χ0v) is 12.3. The Morgan fingerprint density at radius 2 is 1.87 bits per heavy atom. The maximum absolute atomic E-state index is 11.9. The molecule has 0 aliphatic rings. The van der Waals surface area contributed by atoms with Crippen LogP contribution in [-0.4, -0.2) is 15.8 Å². The molecule has 1 amide bonds. The summed E-state index contributed by atoms with van der Waals surface area (Å²) in [6, 6.07) is 13.6. The van der Waals surface area contributed by atoms with Crippen LogP contribution in [0.15, 0.2) is 48.5 Å². The molecule has 2 aromatic carbocycles. The number of hydrogen-bond acceptors (Lipinski definition) is 4. The van der Waals surface area contributed by atoms with Crippen LogP contribution in [-0.2, 0) is 0 Å². The van der Waals surface area contributed by atoms with Crippen molar-refractivity contribution in [3.8, 4) is 11.1 Å². The lowest BCUT2D eigenvalue weighted by Gasteiger charge is -2.13. The summed E-state index contributed by atoms with van der Waals surface area (Å²) in [4.78, 5) is 26.9. The zero-order chi connectivity index (χ0) is 16.6. The molecule has 3 aromatic rings. The first-order valence-corrected chi connectivity index (χ1v) is 6.93. The van der Waals surface area contributed by atoms with Gasteiger partial charge in [0, 0.05) is 23.1 Å². The van der Waals surface area contributed by atoms with Gasteiger partial charge in [0.2, 0.25) is 0 Å². The number of rotatable bonds is 3. The third-order valence-electron chi connectivity index (χ3n) is 3.67. The van der Waals surface area contributed by atoms with E-state index in [-0.39, 0.29) is 11.3 Å². The number of nitro groups is 1. The topological polar surface area (TPSA) is 99.1 Å². The largest absolute Gasteiger partial charge is 0.366 e. The van der Waals surface area contributed by atoms with Crippen molar-refractivity contribution < 1.29 is 9.72 Å². The summed E-state index contributed by atoms with van der Waals surface area (Å²) in [6.45, 7) is 1.70. The van der Waals surface area contributed by atoms with E-state index >= 15 is 0 Å². The SMILES string of the molecule is Cc1nc2ccc([N+](=O)[O-])cc2c(-c2ccccc2)c1C(N)=O. The first-order chi connectivity index (χ1) is 11.0. The highest BCUT2D eigenvalue weighted by molar-refractivity contribution is 6.09. The number of aryl methyl sites for hydroxylation is 1. The average Bonchev–Trinajstić information content (AvgIpc) is 2.53. The fourth-order valence-corrected chi connectivity index (χ4v) is 2.69. The molecule has 0 spiro atoms. The smallest absolute Gasteiger partial charge is 0.270 e. The van der Waals surface area contributed by atoms with Crippen LogP contribution in [0, 0.1) is 17.0 Å². The van der Waals surface area contributed by atoms with E-state index in [1.807, 2.05) is 30.3 Å². The van der Waals surface area contributed by atoms with Crippen LogP contribution in [0.1, 0.15) is 16.1 Å². The molecule has 1 aromatic heterocycles. The van der Waals surface area contributed by atoms with E-state index < -0.39 is 10.8 Å². The summed E-state index contributed by atoms with van der Waals surface area (Å²) in [7, 11) is 0. The molecule has 6 nitrogen and oxygen atoms in total. The second kappa shape index (κ2) is 5.49. The van der Waals surface area contributed by atoms with Gasteiger partial charge in [-0.2, -0.15) is 0 Å². The Morgan fingerprint density at radius 1 is 1.17 bits per heavy atom. The van der Waals surface area contributed by atoms with Gasteiger partial charge in [-0.15, -0.1) is 0 Å².